The summed E-state index contributed by atoms with van der Waals surface area (Å²) < 4.78 is 5.19. The van der Waals surface area contributed by atoms with Crippen LogP contribution in [0.1, 0.15) is 58.1 Å². The van der Waals surface area contributed by atoms with E-state index in [4.69, 9.17) is 27.9 Å². The molecule has 2 rings (SSSR count). The topological polar surface area (TPSA) is 67.4 Å². The molecule has 2 aromatic carbocycles. The fraction of sp³-hybridized carbons (Fsp3) is 0.440. The van der Waals surface area contributed by atoms with Crippen molar-refractivity contribution >= 4 is 35.2 Å². The predicted molar refractivity (Wildman–Crippen MR) is 130 cm³/mol. The van der Waals surface area contributed by atoms with E-state index in [1.807, 2.05) is 48.5 Å². The molecule has 174 valence electrons. The minimum Gasteiger partial charge on any atom is -0.444 e. The van der Waals surface area contributed by atoms with Gasteiger partial charge in [-0.15, -0.1) is 0 Å². The summed E-state index contributed by atoms with van der Waals surface area (Å²) in [5, 5.41) is 6.81. The number of carbonyl (C=O) groups excluding carboxylic acids is 2. The number of benzene rings is 2. The van der Waals surface area contributed by atoms with E-state index in [1.165, 1.54) is 0 Å². The maximum Gasteiger partial charge on any atom is 0.408 e. The monoisotopic (exact) mass is 478 g/mol. The van der Waals surface area contributed by atoms with Crippen LogP contribution >= 0.6 is 23.2 Å². The predicted octanol–water partition coefficient (Wildman–Crippen LogP) is 6.11. The Morgan fingerprint density at radius 2 is 1.38 bits per heavy atom. The molecule has 0 fully saturated rings. The summed E-state index contributed by atoms with van der Waals surface area (Å²) in [5.74, 6) is -0.292. The Morgan fingerprint density at radius 1 is 0.875 bits per heavy atom. The van der Waals surface area contributed by atoms with Gasteiger partial charge in [0, 0.05) is 22.0 Å². The van der Waals surface area contributed by atoms with E-state index in [0.717, 1.165) is 30.4 Å². The van der Waals surface area contributed by atoms with E-state index in [9.17, 15) is 9.59 Å². The minimum absolute atomic E-state index is 0.167. The number of unbranched alkanes of at least 4 members (excludes halogenated alkanes) is 1. The summed E-state index contributed by atoms with van der Waals surface area (Å²) >= 11 is 12.3. The Balaban J connectivity index is 2.25. The van der Waals surface area contributed by atoms with Gasteiger partial charge in [0.25, 0.3) is 0 Å². The highest BCUT2D eigenvalue weighted by Crippen LogP contribution is 2.38. The summed E-state index contributed by atoms with van der Waals surface area (Å²) in [5.41, 5.74) is 1.02. The first-order chi connectivity index (χ1) is 15.1. The van der Waals surface area contributed by atoms with Crippen molar-refractivity contribution in [2.24, 2.45) is 0 Å². The van der Waals surface area contributed by atoms with Crippen LogP contribution in [0.25, 0.3) is 0 Å². The smallest absolute Gasteiger partial charge is 0.408 e. The van der Waals surface area contributed by atoms with Crippen LogP contribution in [-0.2, 0) is 14.9 Å². The molecule has 0 atom stereocenters. The van der Waals surface area contributed by atoms with Crippen molar-refractivity contribution in [3.8, 4) is 0 Å². The fourth-order valence-electron chi connectivity index (χ4n) is 3.54. The highest BCUT2D eigenvalue weighted by atomic mass is 35.5. The molecule has 0 aliphatic carbocycles. The molecule has 0 bridgehead atoms. The van der Waals surface area contributed by atoms with E-state index in [0.29, 0.717) is 16.6 Å². The van der Waals surface area contributed by atoms with Gasteiger partial charge in [0.15, 0.2) is 0 Å². The number of amides is 2. The van der Waals surface area contributed by atoms with Crippen molar-refractivity contribution in [2.45, 2.75) is 58.0 Å². The number of ether oxygens (including phenoxy) is 1. The normalized spacial score (nSPS) is 11.7. The third kappa shape index (κ3) is 7.72. The highest BCUT2D eigenvalue weighted by molar-refractivity contribution is 6.30. The Bertz CT molecular complexity index is 845. The van der Waals surface area contributed by atoms with Crippen LogP contribution in [0.2, 0.25) is 10.0 Å². The fourth-order valence-corrected chi connectivity index (χ4v) is 3.79. The molecule has 0 aromatic heterocycles. The zero-order valence-corrected chi connectivity index (χ0v) is 20.6. The molecule has 7 heteroatoms. The molecular formula is C25H32Cl2N2O3. The van der Waals surface area contributed by atoms with Gasteiger partial charge in [-0.1, -0.05) is 67.2 Å². The molecule has 0 saturated heterocycles. The second kappa shape index (κ2) is 11.6. The maximum absolute atomic E-state index is 12.6. The second-order valence-electron chi connectivity index (χ2n) is 8.83. The SMILES string of the molecule is CCCCC(CNC(=O)CNC(=O)OC(C)(C)C)(c1ccc(Cl)cc1)c1ccc(Cl)cc1. The van der Waals surface area contributed by atoms with E-state index < -0.39 is 17.1 Å². The molecule has 0 spiro atoms. The molecule has 2 amide bonds. The largest absolute Gasteiger partial charge is 0.444 e. The van der Waals surface area contributed by atoms with E-state index in [-0.39, 0.29) is 12.5 Å². The van der Waals surface area contributed by atoms with Gasteiger partial charge in [-0.05, 0) is 62.6 Å². The summed E-state index contributed by atoms with van der Waals surface area (Å²) in [6.45, 7) is 7.65. The Labute approximate surface area is 200 Å². The first kappa shape index (κ1) is 26.0. The summed E-state index contributed by atoms with van der Waals surface area (Å²) in [6, 6.07) is 15.4. The van der Waals surface area contributed by atoms with Crippen LogP contribution in [-0.4, -0.2) is 30.7 Å². The third-order valence-corrected chi connectivity index (χ3v) is 5.63. The zero-order chi connectivity index (χ0) is 23.8. The number of alkyl carbamates (subject to hydrolysis) is 1. The molecule has 0 saturated carbocycles. The number of nitrogens with one attached hydrogen (secondary N) is 2. The third-order valence-electron chi connectivity index (χ3n) is 5.13. The minimum atomic E-state index is -0.626. The van der Waals surface area contributed by atoms with Crippen LogP contribution in [0.5, 0.6) is 0 Å². The number of carbonyl (C=O) groups is 2. The molecule has 5 nitrogen and oxygen atoms in total. The molecule has 0 radical (unpaired) electrons. The van der Waals surface area contributed by atoms with Gasteiger partial charge in [0.2, 0.25) is 5.91 Å². The van der Waals surface area contributed by atoms with Gasteiger partial charge < -0.3 is 15.4 Å². The average Bonchev–Trinajstić information content (AvgIpc) is 2.73. The number of hydrogen-bond donors (Lipinski definition) is 2. The van der Waals surface area contributed by atoms with E-state index in [2.05, 4.69) is 17.6 Å². The van der Waals surface area contributed by atoms with Crippen LogP contribution in [0, 0.1) is 0 Å². The van der Waals surface area contributed by atoms with E-state index >= 15 is 0 Å². The van der Waals surface area contributed by atoms with Crippen LogP contribution in [0.4, 0.5) is 4.79 Å². The Hall–Kier alpha value is -2.24. The van der Waals surface area contributed by atoms with Crippen LogP contribution in [0.15, 0.2) is 48.5 Å². The summed E-state index contributed by atoms with van der Waals surface area (Å²) in [6.07, 6.45) is 2.18. The lowest BCUT2D eigenvalue weighted by Gasteiger charge is -2.36. The second-order valence-corrected chi connectivity index (χ2v) is 9.70. The lowest BCUT2D eigenvalue weighted by molar-refractivity contribution is -0.120. The summed E-state index contributed by atoms with van der Waals surface area (Å²) in [7, 11) is 0. The molecule has 2 aromatic rings. The van der Waals surface area contributed by atoms with Gasteiger partial charge in [0.05, 0.1) is 6.54 Å². The molecule has 0 aliphatic heterocycles. The van der Waals surface area contributed by atoms with Crippen LogP contribution in [0.3, 0.4) is 0 Å². The van der Waals surface area contributed by atoms with Gasteiger partial charge in [-0.25, -0.2) is 4.79 Å². The quantitative estimate of drug-likeness (QED) is 0.456. The lowest BCUT2D eigenvalue weighted by Crippen LogP contribution is -2.45. The molecule has 2 N–H and O–H groups in total. The average molecular weight is 479 g/mol. The van der Waals surface area contributed by atoms with Crippen molar-refractivity contribution in [3.63, 3.8) is 0 Å². The molecular weight excluding hydrogens is 447 g/mol. The Morgan fingerprint density at radius 3 is 1.81 bits per heavy atom. The maximum atomic E-state index is 12.6. The molecule has 0 heterocycles. The van der Waals surface area contributed by atoms with Gasteiger partial charge in [-0.3, -0.25) is 4.79 Å². The van der Waals surface area contributed by atoms with Crippen molar-refractivity contribution in [3.05, 3.63) is 69.7 Å². The standard InChI is InChI=1S/C25H32Cl2N2O3/c1-5-6-15-25(18-7-11-20(26)12-8-18,19-9-13-21(27)14-10-19)17-29-22(30)16-28-23(31)32-24(2,3)4/h7-14H,5-6,15-17H2,1-4H3,(H,28,31)(H,29,30). The molecule has 0 aliphatic rings. The molecule has 32 heavy (non-hydrogen) atoms. The van der Waals surface area contributed by atoms with Gasteiger partial charge in [-0.2, -0.15) is 0 Å². The van der Waals surface area contributed by atoms with Crippen LogP contribution < -0.4 is 10.6 Å². The van der Waals surface area contributed by atoms with Crippen molar-refractivity contribution < 1.29 is 14.3 Å². The number of rotatable bonds is 9. The van der Waals surface area contributed by atoms with Gasteiger partial charge >= 0.3 is 6.09 Å². The van der Waals surface area contributed by atoms with E-state index in [1.54, 1.807) is 20.8 Å². The summed E-state index contributed by atoms with van der Waals surface area (Å²) in [4.78, 5) is 24.5. The Kier molecular flexibility index (Phi) is 9.41. The van der Waals surface area contributed by atoms with Gasteiger partial charge in [0.1, 0.15) is 5.60 Å². The first-order valence-corrected chi connectivity index (χ1v) is 11.6. The van der Waals surface area contributed by atoms with Crippen molar-refractivity contribution in [1.82, 2.24) is 10.6 Å². The zero-order valence-electron chi connectivity index (χ0n) is 19.1. The van der Waals surface area contributed by atoms with Crippen molar-refractivity contribution in [1.29, 1.82) is 0 Å². The number of halogens is 2. The lowest BCUT2D eigenvalue weighted by atomic mass is 9.71. The first-order valence-electron chi connectivity index (χ1n) is 10.8. The highest BCUT2D eigenvalue weighted by Gasteiger charge is 2.34. The number of hydrogen-bond acceptors (Lipinski definition) is 3. The van der Waals surface area contributed by atoms with Crippen molar-refractivity contribution in [2.75, 3.05) is 13.1 Å². The molecule has 0 unspecified atom stereocenters.